The first-order valence-electron chi connectivity index (χ1n) is 10.8. The van der Waals surface area contributed by atoms with Gasteiger partial charge in [-0.05, 0) is 84.5 Å². The Morgan fingerprint density at radius 1 is 1.23 bits per heavy atom. The summed E-state index contributed by atoms with van der Waals surface area (Å²) in [6.07, 6.45) is 10.5. The molecular weight excluding hydrogens is 322 g/mol. The average molecular weight is 356 g/mol. The van der Waals surface area contributed by atoms with Crippen LogP contribution in [0.15, 0.2) is 11.6 Å². The van der Waals surface area contributed by atoms with E-state index in [9.17, 15) is 10.4 Å². The van der Waals surface area contributed by atoms with Gasteiger partial charge in [0.05, 0.1) is 18.3 Å². The van der Waals surface area contributed by atoms with Gasteiger partial charge in [-0.25, -0.2) is 0 Å². The summed E-state index contributed by atoms with van der Waals surface area (Å²) in [5, 5.41) is 19.4. The second kappa shape index (κ2) is 5.58. The first kappa shape index (κ1) is 17.3. The molecule has 0 aromatic heterocycles. The quantitative estimate of drug-likeness (QED) is 0.587. The van der Waals surface area contributed by atoms with E-state index in [-0.39, 0.29) is 17.6 Å². The van der Waals surface area contributed by atoms with E-state index in [0.29, 0.717) is 41.6 Å². The van der Waals surface area contributed by atoms with E-state index in [1.165, 1.54) is 31.3 Å². The fourth-order valence-corrected chi connectivity index (χ4v) is 8.22. The Morgan fingerprint density at radius 2 is 2.04 bits per heavy atom. The summed E-state index contributed by atoms with van der Waals surface area (Å²) in [6.45, 7) is 7.30. The number of hydrogen-bond acceptors (Lipinski definition) is 3. The molecule has 142 valence electrons. The third-order valence-electron chi connectivity index (χ3n) is 9.53. The summed E-state index contributed by atoms with van der Waals surface area (Å²) >= 11 is 0. The summed E-state index contributed by atoms with van der Waals surface area (Å²) in [4.78, 5) is 0. The van der Waals surface area contributed by atoms with Gasteiger partial charge in [-0.2, -0.15) is 5.26 Å². The largest absolute Gasteiger partial charge is 0.389 e. The molecule has 3 heteroatoms. The molecule has 1 heterocycles. The first-order valence-corrected chi connectivity index (χ1v) is 10.8. The standard InChI is InChI=1S/C23H33NO2/c1-13(8-11-24)15-4-5-16-19-17(7-10-22(15,16)2)23(3)9-6-14(25)12-18(23)20-21(19)26-20/h12-17,19-21,25H,4-10H2,1-3H3/t13-,14?,15?,16?,17?,19?,20-,21+,22-,23-/m1/s1. The molecule has 1 N–H and O–H groups in total. The van der Waals surface area contributed by atoms with Gasteiger partial charge in [0.25, 0.3) is 0 Å². The van der Waals surface area contributed by atoms with Crippen LogP contribution in [0.5, 0.6) is 0 Å². The van der Waals surface area contributed by atoms with E-state index >= 15 is 0 Å². The van der Waals surface area contributed by atoms with Crippen LogP contribution in [0, 0.1) is 51.8 Å². The maximum absolute atomic E-state index is 10.2. The summed E-state index contributed by atoms with van der Waals surface area (Å²) in [5.41, 5.74) is 2.05. The van der Waals surface area contributed by atoms with E-state index in [1.54, 1.807) is 0 Å². The van der Waals surface area contributed by atoms with E-state index in [4.69, 9.17) is 4.74 Å². The van der Waals surface area contributed by atoms with Gasteiger partial charge in [0.15, 0.2) is 0 Å². The third kappa shape index (κ3) is 2.12. The topological polar surface area (TPSA) is 56.5 Å². The Kier molecular flexibility index (Phi) is 3.71. The van der Waals surface area contributed by atoms with Crippen molar-refractivity contribution in [1.82, 2.24) is 0 Å². The molecule has 0 aromatic rings. The second-order valence-corrected chi connectivity index (χ2v) is 10.5. The van der Waals surface area contributed by atoms with Crippen molar-refractivity contribution < 1.29 is 9.84 Å². The van der Waals surface area contributed by atoms with Gasteiger partial charge in [-0.15, -0.1) is 0 Å². The fourth-order valence-electron chi connectivity index (χ4n) is 8.22. The van der Waals surface area contributed by atoms with Crippen LogP contribution >= 0.6 is 0 Å². The predicted octanol–water partition coefficient (Wildman–Crippen LogP) is 4.46. The molecular formula is C23H33NO2. The van der Waals surface area contributed by atoms with Crippen LogP contribution in [0.2, 0.25) is 0 Å². The SMILES string of the molecule is C[C@H](CC#N)C1CCC2C3C(CC[C@@]21C)[C@@]1(C)CCC(O)C=C1[C@H]1O[C@@H]31. The maximum atomic E-state index is 10.2. The van der Waals surface area contributed by atoms with Gasteiger partial charge in [-0.3, -0.25) is 0 Å². The highest BCUT2D eigenvalue weighted by molar-refractivity contribution is 5.35. The zero-order chi connectivity index (χ0) is 18.3. The zero-order valence-corrected chi connectivity index (χ0v) is 16.4. The molecule has 0 amide bonds. The maximum Gasteiger partial charge on any atom is 0.106 e. The van der Waals surface area contributed by atoms with Gasteiger partial charge >= 0.3 is 0 Å². The highest BCUT2D eigenvalue weighted by Crippen LogP contribution is 2.70. The van der Waals surface area contributed by atoms with Gasteiger partial charge in [-0.1, -0.05) is 26.8 Å². The number of hydrogen-bond donors (Lipinski definition) is 1. The Morgan fingerprint density at radius 3 is 2.81 bits per heavy atom. The van der Waals surface area contributed by atoms with Crippen molar-refractivity contribution in [2.75, 3.05) is 0 Å². The number of aliphatic hydroxyl groups is 1. The van der Waals surface area contributed by atoms with Crippen LogP contribution in [0.25, 0.3) is 0 Å². The fraction of sp³-hybridized carbons (Fsp3) is 0.870. The predicted molar refractivity (Wildman–Crippen MR) is 100 cm³/mol. The summed E-state index contributed by atoms with van der Waals surface area (Å²) < 4.78 is 6.29. The molecule has 3 saturated carbocycles. The van der Waals surface area contributed by atoms with Crippen molar-refractivity contribution >= 4 is 0 Å². The molecule has 0 bridgehead atoms. The third-order valence-corrected chi connectivity index (χ3v) is 9.53. The molecule has 3 nitrogen and oxygen atoms in total. The summed E-state index contributed by atoms with van der Waals surface area (Å²) in [5.74, 6) is 3.38. The Bertz CT molecular complexity index is 680. The number of ether oxygens (including phenoxy) is 1. The lowest BCUT2D eigenvalue weighted by Crippen LogP contribution is -2.54. The Labute approximate surface area is 157 Å². The van der Waals surface area contributed by atoms with Crippen molar-refractivity contribution in [3.63, 3.8) is 0 Å². The van der Waals surface area contributed by atoms with Gasteiger partial charge in [0.2, 0.25) is 0 Å². The van der Waals surface area contributed by atoms with Crippen molar-refractivity contribution in [2.45, 2.75) is 84.0 Å². The molecule has 1 saturated heterocycles. The monoisotopic (exact) mass is 355 g/mol. The minimum absolute atomic E-state index is 0.235. The van der Waals surface area contributed by atoms with Crippen LogP contribution in [0.3, 0.4) is 0 Å². The normalized spacial score (nSPS) is 55.5. The smallest absolute Gasteiger partial charge is 0.106 e. The summed E-state index contributed by atoms with van der Waals surface area (Å²) in [7, 11) is 0. The van der Waals surface area contributed by atoms with Crippen LogP contribution in [-0.2, 0) is 4.74 Å². The zero-order valence-electron chi connectivity index (χ0n) is 16.4. The van der Waals surface area contributed by atoms with Crippen molar-refractivity contribution in [2.24, 2.45) is 40.4 Å². The van der Waals surface area contributed by atoms with Crippen molar-refractivity contribution in [3.05, 3.63) is 11.6 Å². The van der Waals surface area contributed by atoms with E-state index < -0.39 is 0 Å². The molecule has 1 aliphatic heterocycles. The molecule has 5 aliphatic rings. The van der Waals surface area contributed by atoms with Gasteiger partial charge < -0.3 is 9.84 Å². The molecule has 26 heavy (non-hydrogen) atoms. The lowest BCUT2D eigenvalue weighted by molar-refractivity contribution is -0.0583. The van der Waals surface area contributed by atoms with Crippen molar-refractivity contribution in [1.29, 1.82) is 5.26 Å². The molecule has 5 unspecified atom stereocenters. The number of rotatable bonds is 2. The molecule has 0 spiro atoms. The molecule has 4 aliphatic carbocycles. The molecule has 4 fully saturated rings. The number of nitrogens with zero attached hydrogens (tertiary/aromatic N) is 1. The van der Waals surface area contributed by atoms with Crippen LogP contribution < -0.4 is 0 Å². The highest BCUT2D eigenvalue weighted by atomic mass is 16.6. The Hall–Kier alpha value is -0.850. The molecule has 0 aromatic carbocycles. The lowest BCUT2D eigenvalue weighted by atomic mass is 9.46. The van der Waals surface area contributed by atoms with Gasteiger partial charge in [0.1, 0.15) is 6.10 Å². The van der Waals surface area contributed by atoms with E-state index in [2.05, 4.69) is 32.9 Å². The average Bonchev–Trinajstić information content (AvgIpc) is 3.31. The van der Waals surface area contributed by atoms with E-state index in [1.807, 2.05) is 0 Å². The second-order valence-electron chi connectivity index (χ2n) is 10.5. The molecule has 5 rings (SSSR count). The number of fused-ring (bicyclic) bond motifs is 8. The molecule has 10 atom stereocenters. The van der Waals surface area contributed by atoms with Crippen LogP contribution in [0.4, 0.5) is 0 Å². The van der Waals surface area contributed by atoms with Crippen LogP contribution in [-0.4, -0.2) is 23.4 Å². The number of nitriles is 1. The Balaban J connectivity index is 1.48. The summed E-state index contributed by atoms with van der Waals surface area (Å²) in [6, 6.07) is 2.42. The van der Waals surface area contributed by atoms with Crippen LogP contribution in [0.1, 0.15) is 65.7 Å². The van der Waals surface area contributed by atoms with Gasteiger partial charge in [0, 0.05) is 6.42 Å². The minimum atomic E-state index is -0.268. The van der Waals surface area contributed by atoms with Crippen molar-refractivity contribution in [3.8, 4) is 6.07 Å². The highest BCUT2D eigenvalue weighted by Gasteiger charge is 2.68. The minimum Gasteiger partial charge on any atom is -0.389 e. The van der Waals surface area contributed by atoms with E-state index in [0.717, 1.165) is 18.8 Å². The first-order chi connectivity index (χ1) is 12.4. The number of aliphatic hydroxyl groups excluding tert-OH is 1. The molecule has 0 radical (unpaired) electrons. The lowest BCUT2D eigenvalue weighted by Gasteiger charge is -2.57. The number of epoxide rings is 1.